The zero-order chi connectivity index (χ0) is 19.9. The Bertz CT molecular complexity index is 1110. The first kappa shape index (κ1) is 18.7. The van der Waals surface area contributed by atoms with Gasteiger partial charge in [0.15, 0.2) is 10.7 Å². The van der Waals surface area contributed by atoms with Crippen LogP contribution in [0.4, 0.5) is 5.69 Å². The third-order valence-electron chi connectivity index (χ3n) is 4.73. The minimum absolute atomic E-state index is 0.00218. The number of anilines is 1. The summed E-state index contributed by atoms with van der Waals surface area (Å²) in [5, 5.41) is 5.59. The van der Waals surface area contributed by atoms with Gasteiger partial charge in [-0.05, 0) is 55.0 Å². The fourth-order valence-electron chi connectivity index (χ4n) is 3.41. The van der Waals surface area contributed by atoms with Gasteiger partial charge in [0, 0.05) is 18.8 Å². The van der Waals surface area contributed by atoms with Gasteiger partial charge >= 0.3 is 0 Å². The van der Waals surface area contributed by atoms with Crippen molar-refractivity contribution >= 4 is 33.0 Å². The molecule has 146 valence electrons. The van der Waals surface area contributed by atoms with E-state index in [-0.39, 0.29) is 16.6 Å². The minimum atomic E-state index is -3.81. The maximum absolute atomic E-state index is 12.7. The Morgan fingerprint density at radius 2 is 2.07 bits per heavy atom. The average Bonchev–Trinajstić information content (AvgIpc) is 3.30. The Hall–Kier alpha value is -2.65. The van der Waals surface area contributed by atoms with Gasteiger partial charge in [0.25, 0.3) is 15.9 Å². The second-order valence-electron chi connectivity index (χ2n) is 6.70. The Balaban J connectivity index is 1.58. The number of fused-ring (bicyclic) bond motifs is 1. The van der Waals surface area contributed by atoms with Crippen molar-refractivity contribution in [1.29, 1.82) is 0 Å². The van der Waals surface area contributed by atoms with Gasteiger partial charge in [0.05, 0.1) is 4.88 Å². The summed E-state index contributed by atoms with van der Waals surface area (Å²) in [4.78, 5) is 15.2. The molecule has 1 aromatic carbocycles. The number of hydrogen-bond acceptors (Lipinski definition) is 6. The number of thiophene rings is 1. The standard InChI is InChI=1S/C19H19N3O4S2/c1-12-18(13(2)26-20-12)28(24,25)21-16-6-5-14-7-8-22(11-15(14)10-16)19(23)17-4-3-9-27-17/h3-6,9-10,21H,7-8,11H2,1-2H3. The molecule has 0 spiro atoms. The summed E-state index contributed by atoms with van der Waals surface area (Å²) in [5.41, 5.74) is 2.82. The van der Waals surface area contributed by atoms with E-state index in [9.17, 15) is 13.2 Å². The molecule has 4 rings (SSSR count). The van der Waals surface area contributed by atoms with Gasteiger partial charge in [-0.15, -0.1) is 11.3 Å². The number of carbonyl (C=O) groups is 1. The second kappa shape index (κ2) is 7.06. The molecule has 0 atom stereocenters. The fraction of sp³-hybridized carbons (Fsp3) is 0.263. The number of hydrogen-bond donors (Lipinski definition) is 1. The number of rotatable bonds is 4. The van der Waals surface area contributed by atoms with Crippen molar-refractivity contribution in [3.05, 3.63) is 63.2 Å². The summed E-state index contributed by atoms with van der Waals surface area (Å²) >= 11 is 1.42. The van der Waals surface area contributed by atoms with Crippen molar-refractivity contribution in [2.75, 3.05) is 11.3 Å². The summed E-state index contributed by atoms with van der Waals surface area (Å²) < 4.78 is 33.0. The maximum Gasteiger partial charge on any atom is 0.267 e. The molecule has 1 aliphatic rings. The number of carbonyl (C=O) groups excluding carboxylic acids is 1. The lowest BCUT2D eigenvalue weighted by Gasteiger charge is -2.29. The molecular formula is C19H19N3O4S2. The molecule has 0 fully saturated rings. The normalized spacial score (nSPS) is 14.0. The van der Waals surface area contributed by atoms with Crippen LogP contribution in [0, 0.1) is 13.8 Å². The van der Waals surface area contributed by atoms with E-state index in [0.29, 0.717) is 29.3 Å². The second-order valence-corrected chi connectivity index (χ2v) is 9.26. The van der Waals surface area contributed by atoms with Gasteiger partial charge in [0.1, 0.15) is 5.69 Å². The highest BCUT2D eigenvalue weighted by Gasteiger charge is 2.26. The van der Waals surface area contributed by atoms with E-state index < -0.39 is 10.0 Å². The molecule has 1 aliphatic heterocycles. The van der Waals surface area contributed by atoms with Crippen LogP contribution in [-0.4, -0.2) is 30.9 Å². The number of aryl methyl sites for hydroxylation is 2. The highest BCUT2D eigenvalue weighted by atomic mass is 32.2. The summed E-state index contributed by atoms with van der Waals surface area (Å²) in [6.07, 6.45) is 0.739. The number of benzene rings is 1. The molecule has 0 saturated carbocycles. The molecule has 3 aromatic rings. The van der Waals surface area contributed by atoms with Crippen LogP contribution in [-0.2, 0) is 23.0 Å². The van der Waals surface area contributed by atoms with E-state index in [4.69, 9.17) is 4.52 Å². The van der Waals surface area contributed by atoms with Crippen LogP contribution in [0.3, 0.4) is 0 Å². The van der Waals surface area contributed by atoms with E-state index in [1.807, 2.05) is 23.6 Å². The monoisotopic (exact) mass is 417 g/mol. The van der Waals surface area contributed by atoms with Crippen LogP contribution < -0.4 is 4.72 Å². The zero-order valence-electron chi connectivity index (χ0n) is 15.4. The van der Waals surface area contributed by atoms with Crippen LogP contribution in [0.5, 0.6) is 0 Å². The molecule has 1 amide bonds. The molecule has 7 nitrogen and oxygen atoms in total. The van der Waals surface area contributed by atoms with Gasteiger partial charge < -0.3 is 9.42 Å². The lowest BCUT2D eigenvalue weighted by molar-refractivity contribution is 0.0739. The predicted octanol–water partition coefficient (Wildman–Crippen LogP) is 3.35. The Morgan fingerprint density at radius 3 is 2.75 bits per heavy atom. The maximum atomic E-state index is 12.7. The first-order valence-corrected chi connectivity index (χ1v) is 11.1. The van der Waals surface area contributed by atoms with Crippen molar-refractivity contribution in [1.82, 2.24) is 10.1 Å². The lowest BCUT2D eigenvalue weighted by Crippen LogP contribution is -2.35. The number of nitrogens with one attached hydrogen (secondary N) is 1. The predicted molar refractivity (Wildman–Crippen MR) is 106 cm³/mol. The molecule has 0 saturated heterocycles. The molecule has 0 bridgehead atoms. The Morgan fingerprint density at radius 1 is 1.25 bits per heavy atom. The molecule has 0 unspecified atom stereocenters. The van der Waals surface area contributed by atoms with Crippen LogP contribution in [0.1, 0.15) is 32.3 Å². The van der Waals surface area contributed by atoms with Crippen LogP contribution in [0.2, 0.25) is 0 Å². The zero-order valence-corrected chi connectivity index (χ0v) is 17.1. The highest BCUT2D eigenvalue weighted by Crippen LogP contribution is 2.27. The van der Waals surface area contributed by atoms with Crippen molar-refractivity contribution in [2.24, 2.45) is 0 Å². The third kappa shape index (κ3) is 3.43. The molecule has 0 radical (unpaired) electrons. The average molecular weight is 418 g/mol. The molecule has 1 N–H and O–H groups in total. The summed E-state index contributed by atoms with van der Waals surface area (Å²) in [7, 11) is -3.81. The number of amides is 1. The number of sulfonamides is 1. The van der Waals surface area contributed by atoms with Crippen LogP contribution >= 0.6 is 11.3 Å². The fourth-order valence-corrected chi connectivity index (χ4v) is 5.49. The molecule has 3 heterocycles. The number of nitrogens with zero attached hydrogens (tertiary/aromatic N) is 2. The summed E-state index contributed by atoms with van der Waals surface area (Å²) in [5.74, 6) is 0.248. The molecule has 2 aromatic heterocycles. The van der Waals surface area contributed by atoms with Crippen LogP contribution in [0.15, 0.2) is 45.1 Å². The van der Waals surface area contributed by atoms with E-state index in [0.717, 1.165) is 17.5 Å². The van der Waals surface area contributed by atoms with Crippen LogP contribution in [0.25, 0.3) is 0 Å². The van der Waals surface area contributed by atoms with Crippen molar-refractivity contribution < 1.29 is 17.7 Å². The Kier molecular flexibility index (Phi) is 4.72. The van der Waals surface area contributed by atoms with Gasteiger partial charge in [0.2, 0.25) is 0 Å². The first-order valence-electron chi connectivity index (χ1n) is 8.75. The molecule has 28 heavy (non-hydrogen) atoms. The van der Waals surface area contributed by atoms with Crippen molar-refractivity contribution in [3.63, 3.8) is 0 Å². The van der Waals surface area contributed by atoms with E-state index in [1.54, 1.807) is 30.9 Å². The molecule has 9 heteroatoms. The van der Waals surface area contributed by atoms with Gasteiger partial charge in [-0.3, -0.25) is 9.52 Å². The van der Waals surface area contributed by atoms with Gasteiger partial charge in [-0.2, -0.15) is 0 Å². The van der Waals surface area contributed by atoms with E-state index >= 15 is 0 Å². The summed E-state index contributed by atoms with van der Waals surface area (Å²) in [6.45, 7) is 4.25. The Labute approximate surface area is 167 Å². The minimum Gasteiger partial charge on any atom is -0.360 e. The number of aromatic nitrogens is 1. The van der Waals surface area contributed by atoms with Crippen molar-refractivity contribution in [2.45, 2.75) is 31.7 Å². The van der Waals surface area contributed by atoms with E-state index in [1.165, 1.54) is 11.3 Å². The third-order valence-corrected chi connectivity index (χ3v) is 7.21. The lowest BCUT2D eigenvalue weighted by atomic mass is 9.99. The summed E-state index contributed by atoms with van der Waals surface area (Å²) in [6, 6.07) is 9.12. The highest BCUT2D eigenvalue weighted by molar-refractivity contribution is 7.92. The first-order chi connectivity index (χ1) is 13.3. The van der Waals surface area contributed by atoms with Gasteiger partial charge in [-0.1, -0.05) is 17.3 Å². The molecule has 0 aliphatic carbocycles. The molecular weight excluding hydrogens is 398 g/mol. The largest absolute Gasteiger partial charge is 0.360 e. The SMILES string of the molecule is Cc1noc(C)c1S(=O)(=O)Nc1ccc2c(c1)CN(C(=O)c1cccs1)CC2. The van der Waals surface area contributed by atoms with E-state index in [2.05, 4.69) is 9.88 Å². The smallest absolute Gasteiger partial charge is 0.267 e. The van der Waals surface area contributed by atoms with Crippen molar-refractivity contribution in [3.8, 4) is 0 Å². The van der Waals surface area contributed by atoms with Gasteiger partial charge in [-0.25, -0.2) is 8.42 Å². The topological polar surface area (TPSA) is 92.5 Å². The quantitative estimate of drug-likeness (QED) is 0.703.